The third-order valence-electron chi connectivity index (χ3n) is 4.54. The third-order valence-corrected chi connectivity index (χ3v) is 4.54. The van der Waals surface area contributed by atoms with E-state index in [-0.39, 0.29) is 6.54 Å². The maximum absolute atomic E-state index is 10.5. The van der Waals surface area contributed by atoms with Gasteiger partial charge in [0.25, 0.3) is 0 Å². The van der Waals surface area contributed by atoms with Gasteiger partial charge in [0.2, 0.25) is 0 Å². The van der Waals surface area contributed by atoms with Crippen molar-refractivity contribution in [3.05, 3.63) is 24.2 Å². The van der Waals surface area contributed by atoms with Crippen LogP contribution < -0.4 is 10.6 Å². The normalized spacial score (nSPS) is 19.9. The first-order chi connectivity index (χ1) is 11.5. The molecule has 1 fully saturated rings. The van der Waals surface area contributed by atoms with E-state index in [1.54, 1.807) is 25.3 Å². The van der Waals surface area contributed by atoms with E-state index in [2.05, 4.69) is 27.4 Å². The number of rotatable bonds is 7. The number of guanidine groups is 1. The molecular weight excluding hydrogens is 304 g/mol. The van der Waals surface area contributed by atoms with Crippen LogP contribution in [0.2, 0.25) is 0 Å². The fourth-order valence-corrected chi connectivity index (χ4v) is 2.86. The van der Waals surface area contributed by atoms with E-state index in [9.17, 15) is 5.11 Å². The molecule has 6 nitrogen and oxygen atoms in total. The summed E-state index contributed by atoms with van der Waals surface area (Å²) in [7, 11) is 0. The second kappa shape index (κ2) is 9.08. The van der Waals surface area contributed by atoms with E-state index in [1.807, 2.05) is 6.92 Å². The van der Waals surface area contributed by atoms with Crippen molar-refractivity contribution in [3.8, 4) is 0 Å². The third kappa shape index (κ3) is 5.83. The second-order valence-corrected chi connectivity index (χ2v) is 6.90. The summed E-state index contributed by atoms with van der Waals surface area (Å²) < 4.78 is 5.29. The van der Waals surface area contributed by atoms with Gasteiger partial charge in [-0.1, -0.05) is 6.92 Å². The standard InChI is InChI=1S/C18H32N4O2/c1-4-19-17(20-9-12-22-10-7-15(2)8-11-22)21-14-18(3,23)16-6-5-13-24-16/h5-6,13,15,23H,4,7-12,14H2,1-3H3,(H2,19,20,21). The number of aliphatic hydroxyl groups is 1. The number of nitrogens with zero attached hydrogens (tertiary/aromatic N) is 2. The second-order valence-electron chi connectivity index (χ2n) is 6.90. The Labute approximate surface area is 145 Å². The summed E-state index contributed by atoms with van der Waals surface area (Å²) in [5.74, 6) is 2.12. The van der Waals surface area contributed by atoms with Crippen LogP contribution in [0, 0.1) is 5.92 Å². The van der Waals surface area contributed by atoms with Crippen LogP contribution in [0.25, 0.3) is 0 Å². The lowest BCUT2D eigenvalue weighted by molar-refractivity contribution is 0.0437. The summed E-state index contributed by atoms with van der Waals surface area (Å²) in [5, 5.41) is 17.1. The van der Waals surface area contributed by atoms with Crippen molar-refractivity contribution in [1.82, 2.24) is 15.5 Å². The topological polar surface area (TPSA) is 73.0 Å². The van der Waals surface area contributed by atoms with Gasteiger partial charge in [-0.15, -0.1) is 0 Å². The van der Waals surface area contributed by atoms with E-state index in [0.29, 0.717) is 5.76 Å². The summed E-state index contributed by atoms with van der Waals surface area (Å²) in [6.45, 7) is 11.4. The molecule has 1 atom stereocenters. The fourth-order valence-electron chi connectivity index (χ4n) is 2.86. The highest BCUT2D eigenvalue weighted by molar-refractivity contribution is 5.79. The zero-order valence-electron chi connectivity index (χ0n) is 15.2. The van der Waals surface area contributed by atoms with Crippen LogP contribution >= 0.6 is 0 Å². The first-order valence-corrected chi connectivity index (χ1v) is 9.02. The SMILES string of the molecule is CCNC(=NCC(C)(O)c1ccco1)NCCN1CCC(C)CC1. The predicted octanol–water partition coefficient (Wildman–Crippen LogP) is 1.77. The van der Waals surface area contributed by atoms with Gasteiger partial charge in [0, 0.05) is 19.6 Å². The van der Waals surface area contributed by atoms with Crippen molar-refractivity contribution in [3.63, 3.8) is 0 Å². The number of piperidine rings is 1. The number of nitrogens with one attached hydrogen (secondary N) is 2. The van der Waals surface area contributed by atoms with Gasteiger partial charge >= 0.3 is 0 Å². The lowest BCUT2D eigenvalue weighted by Crippen LogP contribution is -2.43. The number of hydrogen-bond acceptors (Lipinski definition) is 4. The Morgan fingerprint density at radius 2 is 2.17 bits per heavy atom. The highest BCUT2D eigenvalue weighted by Crippen LogP contribution is 2.21. The average Bonchev–Trinajstić information content (AvgIpc) is 3.10. The van der Waals surface area contributed by atoms with Gasteiger partial charge in [0.1, 0.15) is 11.4 Å². The predicted molar refractivity (Wildman–Crippen MR) is 97.1 cm³/mol. The zero-order chi connectivity index (χ0) is 17.4. The van der Waals surface area contributed by atoms with Crippen molar-refractivity contribution < 1.29 is 9.52 Å². The first-order valence-electron chi connectivity index (χ1n) is 9.02. The van der Waals surface area contributed by atoms with E-state index in [0.717, 1.165) is 31.5 Å². The number of aliphatic imine (C=N–C) groups is 1. The summed E-state index contributed by atoms with van der Waals surface area (Å²) in [4.78, 5) is 7.00. The molecule has 1 aliphatic heterocycles. The zero-order valence-corrected chi connectivity index (χ0v) is 15.2. The smallest absolute Gasteiger partial charge is 0.191 e. The lowest BCUT2D eigenvalue weighted by atomic mass is 9.99. The molecule has 1 aromatic rings. The molecule has 1 aliphatic rings. The highest BCUT2D eigenvalue weighted by atomic mass is 16.4. The van der Waals surface area contributed by atoms with Crippen molar-refractivity contribution in [2.45, 2.75) is 39.2 Å². The molecule has 1 unspecified atom stereocenters. The van der Waals surface area contributed by atoms with Crippen LogP contribution in [0.4, 0.5) is 0 Å². The Bertz CT molecular complexity index is 491. The van der Waals surface area contributed by atoms with Gasteiger partial charge in [-0.05, 0) is 57.8 Å². The average molecular weight is 336 g/mol. The quantitative estimate of drug-likeness (QED) is 0.523. The minimum atomic E-state index is -1.10. The number of likely N-dealkylation sites (tertiary alicyclic amines) is 1. The Morgan fingerprint density at radius 3 is 2.79 bits per heavy atom. The molecule has 0 spiro atoms. The largest absolute Gasteiger partial charge is 0.466 e. The Morgan fingerprint density at radius 1 is 1.42 bits per heavy atom. The summed E-state index contributed by atoms with van der Waals surface area (Å²) in [6, 6.07) is 3.55. The van der Waals surface area contributed by atoms with Crippen LogP contribution in [0.15, 0.2) is 27.8 Å². The van der Waals surface area contributed by atoms with Gasteiger partial charge in [-0.3, -0.25) is 0 Å². The van der Waals surface area contributed by atoms with Crippen molar-refractivity contribution in [2.75, 3.05) is 39.3 Å². The van der Waals surface area contributed by atoms with Crippen LogP contribution in [0.5, 0.6) is 0 Å². The molecule has 0 aliphatic carbocycles. The molecule has 24 heavy (non-hydrogen) atoms. The Balaban J connectivity index is 1.80. The first kappa shape index (κ1) is 18.8. The van der Waals surface area contributed by atoms with E-state index in [4.69, 9.17) is 4.42 Å². The maximum atomic E-state index is 10.5. The van der Waals surface area contributed by atoms with Crippen molar-refractivity contribution >= 4 is 5.96 Å². The minimum absolute atomic E-state index is 0.247. The lowest BCUT2D eigenvalue weighted by Gasteiger charge is -2.30. The van der Waals surface area contributed by atoms with Gasteiger partial charge < -0.3 is 25.1 Å². The summed E-state index contributed by atoms with van der Waals surface area (Å²) in [5.41, 5.74) is -1.10. The fraction of sp³-hybridized carbons (Fsp3) is 0.722. The van der Waals surface area contributed by atoms with E-state index in [1.165, 1.54) is 25.9 Å². The van der Waals surface area contributed by atoms with Gasteiger partial charge in [0.15, 0.2) is 5.96 Å². The molecule has 3 N–H and O–H groups in total. The number of furan rings is 1. The summed E-state index contributed by atoms with van der Waals surface area (Å²) >= 11 is 0. The molecular formula is C18H32N4O2. The minimum Gasteiger partial charge on any atom is -0.466 e. The van der Waals surface area contributed by atoms with Crippen molar-refractivity contribution in [2.24, 2.45) is 10.9 Å². The Hall–Kier alpha value is -1.53. The van der Waals surface area contributed by atoms with Gasteiger partial charge in [0.05, 0.1) is 12.8 Å². The molecule has 0 saturated carbocycles. The van der Waals surface area contributed by atoms with Gasteiger partial charge in [-0.25, -0.2) is 4.99 Å². The summed E-state index contributed by atoms with van der Waals surface area (Å²) in [6.07, 6.45) is 4.15. The number of hydrogen-bond donors (Lipinski definition) is 3. The molecule has 0 amide bonds. The Kier molecular flexibility index (Phi) is 7.12. The maximum Gasteiger partial charge on any atom is 0.191 e. The van der Waals surface area contributed by atoms with E-state index < -0.39 is 5.60 Å². The molecule has 0 aromatic carbocycles. The van der Waals surface area contributed by atoms with Gasteiger partial charge in [-0.2, -0.15) is 0 Å². The molecule has 136 valence electrons. The molecule has 1 saturated heterocycles. The molecule has 0 bridgehead atoms. The monoisotopic (exact) mass is 336 g/mol. The van der Waals surface area contributed by atoms with Crippen LogP contribution in [-0.4, -0.2) is 55.2 Å². The van der Waals surface area contributed by atoms with Crippen LogP contribution in [0.3, 0.4) is 0 Å². The van der Waals surface area contributed by atoms with E-state index >= 15 is 0 Å². The molecule has 2 heterocycles. The molecule has 0 radical (unpaired) electrons. The highest BCUT2D eigenvalue weighted by Gasteiger charge is 2.26. The van der Waals surface area contributed by atoms with Crippen molar-refractivity contribution in [1.29, 1.82) is 0 Å². The molecule has 1 aromatic heterocycles. The van der Waals surface area contributed by atoms with Crippen LogP contribution in [0.1, 0.15) is 39.4 Å². The van der Waals surface area contributed by atoms with Crippen LogP contribution in [-0.2, 0) is 5.60 Å². The molecule has 2 rings (SSSR count). The molecule has 6 heteroatoms.